The maximum Gasteiger partial charge on any atom is 0.258 e. The Labute approximate surface area is 132 Å². The Kier molecular flexibility index (Phi) is 5.38. The van der Waals surface area contributed by atoms with E-state index in [1.165, 1.54) is 12.1 Å². The van der Waals surface area contributed by atoms with Crippen LogP contribution in [-0.4, -0.2) is 30.3 Å². The summed E-state index contributed by atoms with van der Waals surface area (Å²) in [4.78, 5) is 11.6. The smallest absolute Gasteiger partial charge is 0.258 e. The van der Waals surface area contributed by atoms with Crippen LogP contribution in [0.15, 0.2) is 12.1 Å². The molecule has 0 aromatic heterocycles. The molecule has 1 fully saturated rings. The highest BCUT2D eigenvalue weighted by Gasteiger charge is 2.29. The Hall–Kier alpha value is -0.680. The molecule has 4 nitrogen and oxygen atoms in total. The lowest BCUT2D eigenvalue weighted by Gasteiger charge is -2.12. The maximum atomic E-state index is 11.6. The van der Waals surface area contributed by atoms with Crippen molar-refractivity contribution < 1.29 is 14.6 Å². The first-order chi connectivity index (χ1) is 9.47. The molecule has 1 unspecified atom stereocenters. The van der Waals surface area contributed by atoms with Crippen molar-refractivity contribution in [1.82, 2.24) is 5.32 Å². The van der Waals surface area contributed by atoms with Crippen molar-refractivity contribution >= 4 is 40.7 Å². The van der Waals surface area contributed by atoms with Gasteiger partial charge in [0.15, 0.2) is 6.61 Å². The largest absolute Gasteiger partial charge is 0.482 e. The molecule has 1 atom stereocenters. The molecule has 1 aromatic rings. The van der Waals surface area contributed by atoms with Crippen molar-refractivity contribution in [2.75, 3.05) is 13.2 Å². The number of carbonyl (C=O) groups is 1. The van der Waals surface area contributed by atoms with Gasteiger partial charge in [0.05, 0.1) is 21.2 Å². The fraction of sp³-hybridized carbons (Fsp3) is 0.462. The number of ether oxygens (including phenoxy) is 1. The van der Waals surface area contributed by atoms with Gasteiger partial charge in [0.25, 0.3) is 5.91 Å². The van der Waals surface area contributed by atoms with Crippen molar-refractivity contribution in [2.24, 2.45) is 5.92 Å². The predicted molar refractivity (Wildman–Crippen MR) is 78.7 cm³/mol. The second-order valence-electron chi connectivity index (χ2n) is 4.69. The molecule has 0 radical (unpaired) electrons. The first-order valence-corrected chi connectivity index (χ1v) is 7.33. The summed E-state index contributed by atoms with van der Waals surface area (Å²) >= 11 is 17.6. The summed E-state index contributed by atoms with van der Waals surface area (Å²) in [6, 6.07) is 2.91. The molecule has 0 saturated heterocycles. The standard InChI is InChI=1S/C13H14Cl3NO3/c14-8-3-10(16)12(4-9(8)15)20-6-13(19)17-5-11(18)7-1-2-7/h3-4,7,11,18H,1-2,5-6H2,(H,17,19). The number of halogens is 3. The van der Waals surface area contributed by atoms with Gasteiger partial charge in [-0.1, -0.05) is 34.8 Å². The molecule has 1 amide bonds. The van der Waals surface area contributed by atoms with Gasteiger partial charge in [-0.3, -0.25) is 4.79 Å². The summed E-state index contributed by atoms with van der Waals surface area (Å²) in [6.07, 6.45) is 1.56. The van der Waals surface area contributed by atoms with Gasteiger partial charge in [0.1, 0.15) is 5.75 Å². The van der Waals surface area contributed by atoms with Gasteiger partial charge in [0, 0.05) is 12.6 Å². The van der Waals surface area contributed by atoms with E-state index in [4.69, 9.17) is 39.5 Å². The van der Waals surface area contributed by atoms with Crippen LogP contribution < -0.4 is 10.1 Å². The minimum atomic E-state index is -0.479. The number of aliphatic hydroxyl groups is 1. The molecule has 0 bridgehead atoms. The molecule has 2 N–H and O–H groups in total. The third-order valence-electron chi connectivity index (χ3n) is 3.01. The van der Waals surface area contributed by atoms with Crippen LogP contribution in [0.4, 0.5) is 0 Å². The molecule has 1 aromatic carbocycles. The molecule has 1 aliphatic carbocycles. The van der Waals surface area contributed by atoms with Crippen LogP contribution >= 0.6 is 34.8 Å². The number of hydrogen-bond acceptors (Lipinski definition) is 3. The number of aliphatic hydroxyl groups excluding tert-OH is 1. The van der Waals surface area contributed by atoms with Crippen LogP contribution in [0.5, 0.6) is 5.75 Å². The van der Waals surface area contributed by atoms with Crippen LogP contribution in [0.2, 0.25) is 15.1 Å². The SMILES string of the molecule is O=C(COc1cc(Cl)c(Cl)cc1Cl)NCC(O)C1CC1. The van der Waals surface area contributed by atoms with E-state index in [-0.39, 0.29) is 24.1 Å². The number of benzene rings is 1. The molecule has 0 heterocycles. The zero-order chi connectivity index (χ0) is 14.7. The highest BCUT2D eigenvalue weighted by atomic mass is 35.5. The molecular formula is C13H14Cl3NO3. The van der Waals surface area contributed by atoms with E-state index in [0.717, 1.165) is 12.8 Å². The predicted octanol–water partition coefficient (Wildman–Crippen LogP) is 2.91. The average molecular weight is 339 g/mol. The lowest BCUT2D eigenvalue weighted by Crippen LogP contribution is -2.36. The van der Waals surface area contributed by atoms with E-state index in [0.29, 0.717) is 21.7 Å². The van der Waals surface area contributed by atoms with Crippen LogP contribution in [0.25, 0.3) is 0 Å². The quantitative estimate of drug-likeness (QED) is 0.784. The van der Waals surface area contributed by atoms with Crippen LogP contribution in [0.1, 0.15) is 12.8 Å². The van der Waals surface area contributed by atoms with Crippen molar-refractivity contribution in [1.29, 1.82) is 0 Å². The number of amides is 1. The van der Waals surface area contributed by atoms with E-state index in [9.17, 15) is 9.90 Å². The first kappa shape index (κ1) is 15.7. The highest BCUT2D eigenvalue weighted by molar-refractivity contribution is 6.43. The molecule has 1 saturated carbocycles. The van der Waals surface area contributed by atoms with Crippen molar-refractivity contribution in [2.45, 2.75) is 18.9 Å². The van der Waals surface area contributed by atoms with E-state index >= 15 is 0 Å². The number of rotatable bonds is 6. The molecule has 0 aliphatic heterocycles. The van der Waals surface area contributed by atoms with E-state index < -0.39 is 6.10 Å². The van der Waals surface area contributed by atoms with E-state index in [1.54, 1.807) is 0 Å². The molecule has 110 valence electrons. The minimum Gasteiger partial charge on any atom is -0.482 e. The second-order valence-corrected chi connectivity index (χ2v) is 5.92. The Bertz CT molecular complexity index is 506. The average Bonchev–Trinajstić information content (AvgIpc) is 3.23. The lowest BCUT2D eigenvalue weighted by atomic mass is 10.2. The summed E-state index contributed by atoms with van der Waals surface area (Å²) in [6.45, 7) is 0.0387. The summed E-state index contributed by atoms with van der Waals surface area (Å²) < 4.78 is 5.27. The summed E-state index contributed by atoms with van der Waals surface area (Å²) in [7, 11) is 0. The Morgan fingerprint density at radius 2 is 1.95 bits per heavy atom. The third kappa shape index (κ3) is 4.42. The molecular weight excluding hydrogens is 325 g/mol. The minimum absolute atomic E-state index is 0.199. The van der Waals surface area contributed by atoms with Gasteiger partial charge in [-0.15, -0.1) is 0 Å². The molecule has 1 aliphatic rings. The van der Waals surface area contributed by atoms with Gasteiger partial charge >= 0.3 is 0 Å². The number of carbonyl (C=O) groups excluding carboxylic acids is 1. The fourth-order valence-corrected chi connectivity index (χ4v) is 2.27. The van der Waals surface area contributed by atoms with Crippen LogP contribution in [0.3, 0.4) is 0 Å². The zero-order valence-electron chi connectivity index (χ0n) is 10.5. The topological polar surface area (TPSA) is 58.6 Å². The third-order valence-corrected chi connectivity index (χ3v) is 4.03. The number of hydrogen-bond donors (Lipinski definition) is 2. The molecule has 2 rings (SSSR count). The van der Waals surface area contributed by atoms with Gasteiger partial charge in [-0.05, 0) is 24.8 Å². The second kappa shape index (κ2) is 6.85. The zero-order valence-corrected chi connectivity index (χ0v) is 12.8. The normalized spacial score (nSPS) is 15.8. The molecule has 20 heavy (non-hydrogen) atoms. The highest BCUT2D eigenvalue weighted by Crippen LogP contribution is 2.34. The van der Waals surface area contributed by atoms with Crippen molar-refractivity contribution in [3.8, 4) is 5.75 Å². The molecule has 0 spiro atoms. The monoisotopic (exact) mass is 337 g/mol. The van der Waals surface area contributed by atoms with Gasteiger partial charge in [-0.25, -0.2) is 0 Å². The summed E-state index contributed by atoms with van der Waals surface area (Å²) in [5, 5.41) is 13.1. The Balaban J connectivity index is 1.79. The summed E-state index contributed by atoms with van der Waals surface area (Å²) in [5.41, 5.74) is 0. The fourth-order valence-electron chi connectivity index (χ4n) is 1.68. The lowest BCUT2D eigenvalue weighted by molar-refractivity contribution is -0.123. The first-order valence-electron chi connectivity index (χ1n) is 6.19. The number of nitrogens with one attached hydrogen (secondary N) is 1. The molecule has 7 heteroatoms. The Morgan fingerprint density at radius 1 is 1.30 bits per heavy atom. The maximum absolute atomic E-state index is 11.6. The van der Waals surface area contributed by atoms with E-state index in [1.807, 2.05) is 0 Å². The van der Waals surface area contributed by atoms with Crippen LogP contribution in [0, 0.1) is 5.92 Å². The van der Waals surface area contributed by atoms with Crippen molar-refractivity contribution in [3.63, 3.8) is 0 Å². The van der Waals surface area contributed by atoms with Crippen molar-refractivity contribution in [3.05, 3.63) is 27.2 Å². The van der Waals surface area contributed by atoms with Gasteiger partial charge in [0.2, 0.25) is 0 Å². The Morgan fingerprint density at radius 3 is 2.60 bits per heavy atom. The van der Waals surface area contributed by atoms with E-state index in [2.05, 4.69) is 5.32 Å². The van der Waals surface area contributed by atoms with Crippen LogP contribution in [-0.2, 0) is 4.79 Å². The van der Waals surface area contributed by atoms with Gasteiger partial charge < -0.3 is 15.2 Å². The van der Waals surface area contributed by atoms with Gasteiger partial charge in [-0.2, -0.15) is 0 Å². The summed E-state index contributed by atoms with van der Waals surface area (Å²) in [5.74, 6) is 0.284.